The summed E-state index contributed by atoms with van der Waals surface area (Å²) in [5.41, 5.74) is 1.36. The van der Waals surface area contributed by atoms with Gasteiger partial charge in [0.05, 0.1) is 0 Å². The van der Waals surface area contributed by atoms with Gasteiger partial charge in [0.1, 0.15) is 6.61 Å². The lowest BCUT2D eigenvalue weighted by Gasteiger charge is -2.15. The van der Waals surface area contributed by atoms with Gasteiger partial charge in [-0.3, -0.25) is 4.79 Å². The van der Waals surface area contributed by atoms with Gasteiger partial charge in [0.2, 0.25) is 0 Å². The van der Waals surface area contributed by atoms with Gasteiger partial charge in [0, 0.05) is 6.42 Å². The van der Waals surface area contributed by atoms with Crippen LogP contribution in [-0.2, 0) is 9.53 Å². The summed E-state index contributed by atoms with van der Waals surface area (Å²) in [7, 11) is 0. The van der Waals surface area contributed by atoms with Crippen LogP contribution >= 0.6 is 0 Å². The summed E-state index contributed by atoms with van der Waals surface area (Å²) in [5.74, 6) is 2.52. The average Bonchev–Trinajstić information content (AvgIpc) is 2.88. The van der Waals surface area contributed by atoms with Gasteiger partial charge in [0.25, 0.3) is 0 Å². The van der Waals surface area contributed by atoms with Crippen molar-refractivity contribution in [3.05, 3.63) is 23.8 Å². The van der Waals surface area contributed by atoms with Crippen molar-refractivity contribution < 1.29 is 9.53 Å². The Morgan fingerprint density at radius 2 is 1.13 bits per heavy atom. The Hall–Kier alpha value is -1.05. The number of rotatable bonds is 28. The minimum absolute atomic E-state index is 0.0343. The van der Waals surface area contributed by atoms with Gasteiger partial charge in [-0.05, 0) is 75.7 Å². The molecule has 2 nitrogen and oxygen atoms in total. The molecule has 0 amide bonds. The van der Waals surface area contributed by atoms with Crippen LogP contribution in [0.5, 0.6) is 0 Å². The number of esters is 1. The zero-order valence-corrected chi connectivity index (χ0v) is 27.5. The fourth-order valence-corrected chi connectivity index (χ4v) is 5.32. The molecule has 0 saturated heterocycles. The Balaban J connectivity index is 3.59. The smallest absolute Gasteiger partial charge is 0.306 e. The standard InChI is InChI=1S/C37H70O2/c1-7-8-9-10-11-12-13-14-15-16-17-18-19-20-30-37(38)39-32-31-36(6)29-23-28-35(5)27-22-26-34(4)25-21-24-33(2)3/h13-14,31,33-35H,7-12,15-30,32H2,1-6H3/b14-13+,36-31+. The summed E-state index contributed by atoms with van der Waals surface area (Å²) in [6, 6.07) is 0. The van der Waals surface area contributed by atoms with Gasteiger partial charge in [-0.25, -0.2) is 0 Å². The molecule has 0 aliphatic carbocycles. The van der Waals surface area contributed by atoms with Crippen LogP contribution < -0.4 is 0 Å². The molecule has 0 aliphatic heterocycles. The monoisotopic (exact) mass is 547 g/mol. The predicted octanol–water partition coefficient (Wildman–Crippen LogP) is 12.6. The van der Waals surface area contributed by atoms with Crippen LogP contribution in [0.3, 0.4) is 0 Å². The molecule has 0 aromatic rings. The molecular formula is C37H70O2. The number of carbonyl (C=O) groups is 1. The van der Waals surface area contributed by atoms with E-state index in [1.165, 1.54) is 121 Å². The topological polar surface area (TPSA) is 26.3 Å². The van der Waals surface area contributed by atoms with Gasteiger partial charge >= 0.3 is 5.97 Å². The third-order valence-corrected chi connectivity index (χ3v) is 8.21. The molecule has 0 rings (SSSR count). The number of carbonyl (C=O) groups excluding carboxylic acids is 1. The molecule has 2 unspecified atom stereocenters. The Morgan fingerprint density at radius 3 is 1.72 bits per heavy atom. The van der Waals surface area contributed by atoms with Crippen molar-refractivity contribution >= 4 is 5.97 Å². The first-order valence-corrected chi connectivity index (χ1v) is 17.3. The third-order valence-electron chi connectivity index (χ3n) is 8.21. The van der Waals surface area contributed by atoms with Crippen LogP contribution in [0.25, 0.3) is 0 Å². The molecule has 0 aromatic carbocycles. The van der Waals surface area contributed by atoms with Gasteiger partial charge in [-0.15, -0.1) is 0 Å². The summed E-state index contributed by atoms with van der Waals surface area (Å²) in [6.07, 6.45) is 34.6. The molecule has 39 heavy (non-hydrogen) atoms. The van der Waals surface area contributed by atoms with Crippen LogP contribution in [-0.4, -0.2) is 12.6 Å². The molecule has 2 heteroatoms. The SMILES string of the molecule is CCCCCCC/C=C/CCCCCCCC(=O)OC/C=C(\C)CCCC(C)CCCC(C)CCCC(C)C. The zero-order chi connectivity index (χ0) is 29.0. The van der Waals surface area contributed by atoms with Gasteiger partial charge in [-0.2, -0.15) is 0 Å². The van der Waals surface area contributed by atoms with Crippen LogP contribution in [0.2, 0.25) is 0 Å². The van der Waals surface area contributed by atoms with Crippen molar-refractivity contribution in [2.45, 2.75) is 183 Å². The molecule has 0 fully saturated rings. The number of unbranched alkanes of at least 4 members (excludes halogenated alkanes) is 10. The minimum atomic E-state index is -0.0343. The first-order chi connectivity index (χ1) is 18.8. The highest BCUT2D eigenvalue weighted by Gasteiger charge is 2.07. The second kappa shape index (κ2) is 28.5. The maximum absolute atomic E-state index is 12.0. The number of hydrogen-bond acceptors (Lipinski definition) is 2. The highest BCUT2D eigenvalue weighted by Crippen LogP contribution is 2.22. The van der Waals surface area contributed by atoms with Crippen LogP contribution in [0, 0.1) is 17.8 Å². The largest absolute Gasteiger partial charge is 0.461 e. The van der Waals surface area contributed by atoms with E-state index in [0.717, 1.165) is 37.0 Å². The fraction of sp³-hybridized carbons (Fsp3) is 0.865. The van der Waals surface area contributed by atoms with E-state index in [0.29, 0.717) is 13.0 Å². The Bertz CT molecular complexity index is 588. The molecule has 0 bridgehead atoms. The summed E-state index contributed by atoms with van der Waals surface area (Å²) in [5, 5.41) is 0. The van der Waals surface area contributed by atoms with Gasteiger partial charge < -0.3 is 4.74 Å². The zero-order valence-electron chi connectivity index (χ0n) is 27.5. The lowest BCUT2D eigenvalue weighted by Crippen LogP contribution is -2.04. The van der Waals surface area contributed by atoms with Crippen LogP contribution in [0.4, 0.5) is 0 Å². The molecular weight excluding hydrogens is 476 g/mol. The third kappa shape index (κ3) is 29.8. The van der Waals surface area contributed by atoms with E-state index in [1.54, 1.807) is 0 Å². The van der Waals surface area contributed by atoms with E-state index in [1.807, 2.05) is 0 Å². The van der Waals surface area contributed by atoms with Crippen LogP contribution in [0.1, 0.15) is 183 Å². The first-order valence-electron chi connectivity index (χ1n) is 17.3. The molecule has 0 aliphatic rings. The summed E-state index contributed by atoms with van der Waals surface area (Å²) >= 11 is 0. The first kappa shape index (κ1) is 38.0. The van der Waals surface area contributed by atoms with E-state index in [9.17, 15) is 4.79 Å². The van der Waals surface area contributed by atoms with Crippen molar-refractivity contribution in [2.75, 3.05) is 6.61 Å². The maximum atomic E-state index is 12.0. The molecule has 0 N–H and O–H groups in total. The van der Waals surface area contributed by atoms with Gasteiger partial charge in [-0.1, -0.05) is 142 Å². The summed E-state index contributed by atoms with van der Waals surface area (Å²) in [4.78, 5) is 12.0. The second-order valence-electron chi connectivity index (χ2n) is 13.1. The van der Waals surface area contributed by atoms with E-state index in [4.69, 9.17) is 4.74 Å². The number of ether oxygens (including phenoxy) is 1. The Morgan fingerprint density at radius 1 is 0.615 bits per heavy atom. The molecule has 0 aromatic heterocycles. The van der Waals surface area contributed by atoms with E-state index in [-0.39, 0.29) is 5.97 Å². The summed E-state index contributed by atoms with van der Waals surface area (Å²) < 4.78 is 5.45. The molecule has 0 saturated carbocycles. The van der Waals surface area contributed by atoms with E-state index in [2.05, 4.69) is 59.8 Å². The normalized spacial score (nSPS) is 13.9. The lowest BCUT2D eigenvalue weighted by atomic mass is 9.91. The van der Waals surface area contributed by atoms with E-state index >= 15 is 0 Å². The highest BCUT2D eigenvalue weighted by molar-refractivity contribution is 5.69. The van der Waals surface area contributed by atoms with Crippen LogP contribution in [0.15, 0.2) is 23.8 Å². The van der Waals surface area contributed by atoms with Crippen molar-refractivity contribution in [1.29, 1.82) is 0 Å². The molecule has 230 valence electrons. The highest BCUT2D eigenvalue weighted by atomic mass is 16.5. The van der Waals surface area contributed by atoms with Crippen molar-refractivity contribution in [1.82, 2.24) is 0 Å². The Kier molecular flexibility index (Phi) is 27.7. The molecule has 2 atom stereocenters. The van der Waals surface area contributed by atoms with Gasteiger partial charge in [0.15, 0.2) is 0 Å². The quantitative estimate of drug-likeness (QED) is 0.0554. The molecule has 0 heterocycles. The minimum Gasteiger partial charge on any atom is -0.461 e. The Labute approximate surface area is 246 Å². The van der Waals surface area contributed by atoms with E-state index < -0.39 is 0 Å². The molecule has 0 spiro atoms. The maximum Gasteiger partial charge on any atom is 0.306 e. The average molecular weight is 547 g/mol. The van der Waals surface area contributed by atoms with Crippen molar-refractivity contribution in [3.8, 4) is 0 Å². The predicted molar refractivity (Wildman–Crippen MR) is 174 cm³/mol. The second-order valence-corrected chi connectivity index (χ2v) is 13.1. The van der Waals surface area contributed by atoms with Crippen molar-refractivity contribution in [3.63, 3.8) is 0 Å². The number of hydrogen-bond donors (Lipinski definition) is 0. The lowest BCUT2D eigenvalue weighted by molar-refractivity contribution is -0.142. The fourth-order valence-electron chi connectivity index (χ4n) is 5.32. The summed E-state index contributed by atoms with van der Waals surface area (Å²) in [6.45, 7) is 14.4. The number of allylic oxidation sites excluding steroid dienone is 3. The van der Waals surface area contributed by atoms with Crippen molar-refractivity contribution in [2.24, 2.45) is 17.8 Å². The molecule has 0 radical (unpaired) electrons.